The quantitative estimate of drug-likeness (QED) is 0.899. The lowest BCUT2D eigenvalue weighted by molar-refractivity contribution is 0.565. The van der Waals surface area contributed by atoms with E-state index in [0.29, 0.717) is 0 Å². The van der Waals surface area contributed by atoms with Crippen LogP contribution < -0.4 is 5.32 Å². The molecule has 16 heavy (non-hydrogen) atoms. The molecule has 84 valence electrons. The highest BCUT2D eigenvalue weighted by Crippen LogP contribution is 2.21. The lowest BCUT2D eigenvalue weighted by Gasteiger charge is -2.11. The number of halogens is 1. The van der Waals surface area contributed by atoms with Crippen molar-refractivity contribution >= 4 is 22.9 Å². The fraction of sp³-hybridized carbons (Fsp3) is 0.250. The maximum atomic E-state index is 5.87. The Morgan fingerprint density at radius 3 is 2.88 bits per heavy atom. The van der Waals surface area contributed by atoms with Gasteiger partial charge in [-0.1, -0.05) is 17.7 Å². The first-order chi connectivity index (χ1) is 7.75. The molecular weight excluding hydrogens is 240 g/mol. The van der Waals surface area contributed by atoms with E-state index in [1.807, 2.05) is 36.5 Å². The molecule has 0 saturated heterocycles. The summed E-state index contributed by atoms with van der Waals surface area (Å²) in [7, 11) is 0. The molecule has 2 rings (SSSR count). The van der Waals surface area contributed by atoms with Crippen LogP contribution in [0.2, 0.25) is 4.34 Å². The van der Waals surface area contributed by atoms with Crippen LogP contribution in [0.1, 0.15) is 23.5 Å². The summed E-state index contributed by atoms with van der Waals surface area (Å²) in [5.41, 5.74) is 1.06. The summed E-state index contributed by atoms with van der Waals surface area (Å²) in [6.07, 6.45) is 1.82. The maximum absolute atomic E-state index is 5.87. The summed E-state index contributed by atoms with van der Waals surface area (Å²) in [5, 5.41) is 3.42. The zero-order valence-corrected chi connectivity index (χ0v) is 10.6. The van der Waals surface area contributed by atoms with E-state index in [4.69, 9.17) is 11.6 Å². The first kappa shape index (κ1) is 11.6. The van der Waals surface area contributed by atoms with Crippen molar-refractivity contribution in [3.8, 4) is 0 Å². The monoisotopic (exact) mass is 252 g/mol. The molecule has 2 heterocycles. The number of nitrogens with one attached hydrogen (secondary N) is 1. The molecule has 0 bridgehead atoms. The SMILES string of the molecule is C[C@@H](NCc1ccc(Cl)s1)c1ccccn1. The van der Waals surface area contributed by atoms with E-state index in [1.165, 1.54) is 4.88 Å². The summed E-state index contributed by atoms with van der Waals surface area (Å²) in [5.74, 6) is 0. The molecule has 2 aromatic rings. The minimum Gasteiger partial charge on any atom is -0.304 e. The van der Waals surface area contributed by atoms with Crippen LogP contribution >= 0.6 is 22.9 Å². The highest BCUT2D eigenvalue weighted by molar-refractivity contribution is 7.16. The largest absolute Gasteiger partial charge is 0.304 e. The molecule has 0 unspecified atom stereocenters. The Labute approximate surface area is 104 Å². The van der Waals surface area contributed by atoms with Gasteiger partial charge in [-0.3, -0.25) is 4.98 Å². The first-order valence-electron chi connectivity index (χ1n) is 5.14. The van der Waals surface area contributed by atoms with Gasteiger partial charge in [0.2, 0.25) is 0 Å². The third kappa shape index (κ3) is 3.04. The van der Waals surface area contributed by atoms with Crippen molar-refractivity contribution in [2.75, 3.05) is 0 Å². The first-order valence-corrected chi connectivity index (χ1v) is 6.33. The van der Waals surface area contributed by atoms with Gasteiger partial charge in [-0.15, -0.1) is 11.3 Å². The number of aromatic nitrogens is 1. The highest BCUT2D eigenvalue weighted by Gasteiger charge is 2.06. The van der Waals surface area contributed by atoms with Gasteiger partial charge in [-0.05, 0) is 31.2 Å². The van der Waals surface area contributed by atoms with Gasteiger partial charge >= 0.3 is 0 Å². The normalized spacial score (nSPS) is 12.6. The van der Waals surface area contributed by atoms with E-state index < -0.39 is 0 Å². The van der Waals surface area contributed by atoms with E-state index in [9.17, 15) is 0 Å². The second kappa shape index (κ2) is 5.43. The molecule has 0 fully saturated rings. The predicted molar refractivity (Wildman–Crippen MR) is 68.8 cm³/mol. The summed E-state index contributed by atoms with van der Waals surface area (Å²) in [6.45, 7) is 2.94. The minimum absolute atomic E-state index is 0.252. The fourth-order valence-electron chi connectivity index (χ4n) is 1.44. The number of rotatable bonds is 4. The molecule has 2 nitrogen and oxygen atoms in total. The number of pyridine rings is 1. The lowest BCUT2D eigenvalue weighted by Crippen LogP contribution is -2.18. The molecule has 2 aromatic heterocycles. The molecular formula is C12H13ClN2S. The van der Waals surface area contributed by atoms with Crippen LogP contribution in [0.4, 0.5) is 0 Å². The Hall–Kier alpha value is -0.900. The van der Waals surface area contributed by atoms with Crippen LogP contribution in [-0.2, 0) is 6.54 Å². The van der Waals surface area contributed by atoms with Crippen molar-refractivity contribution in [2.24, 2.45) is 0 Å². The summed E-state index contributed by atoms with van der Waals surface area (Å²) >= 11 is 7.48. The number of hydrogen-bond donors (Lipinski definition) is 1. The van der Waals surface area contributed by atoms with Crippen LogP contribution in [0.5, 0.6) is 0 Å². The number of hydrogen-bond acceptors (Lipinski definition) is 3. The van der Waals surface area contributed by atoms with Crippen LogP contribution in [0.15, 0.2) is 36.5 Å². The average Bonchev–Trinajstić information content (AvgIpc) is 2.73. The van der Waals surface area contributed by atoms with E-state index in [-0.39, 0.29) is 6.04 Å². The zero-order chi connectivity index (χ0) is 11.4. The predicted octanol–water partition coefficient (Wildman–Crippen LogP) is 3.65. The van der Waals surface area contributed by atoms with Crippen LogP contribution in [-0.4, -0.2) is 4.98 Å². The van der Waals surface area contributed by atoms with Crippen molar-refractivity contribution in [2.45, 2.75) is 19.5 Å². The highest BCUT2D eigenvalue weighted by atomic mass is 35.5. The Kier molecular flexibility index (Phi) is 3.93. The van der Waals surface area contributed by atoms with E-state index in [1.54, 1.807) is 11.3 Å². The molecule has 1 atom stereocenters. The van der Waals surface area contributed by atoms with Gasteiger partial charge in [0.1, 0.15) is 0 Å². The van der Waals surface area contributed by atoms with Gasteiger partial charge in [-0.25, -0.2) is 0 Å². The van der Waals surface area contributed by atoms with Crippen molar-refractivity contribution in [1.82, 2.24) is 10.3 Å². The number of thiophene rings is 1. The van der Waals surface area contributed by atoms with E-state index in [0.717, 1.165) is 16.6 Å². The van der Waals surface area contributed by atoms with Crippen molar-refractivity contribution in [1.29, 1.82) is 0 Å². The van der Waals surface area contributed by atoms with Gasteiger partial charge in [0.15, 0.2) is 0 Å². The molecule has 4 heteroatoms. The van der Waals surface area contributed by atoms with E-state index in [2.05, 4.69) is 17.2 Å². The molecule has 0 aliphatic heterocycles. The van der Waals surface area contributed by atoms with Crippen LogP contribution in [0.25, 0.3) is 0 Å². The van der Waals surface area contributed by atoms with Gasteiger partial charge in [0, 0.05) is 23.7 Å². The molecule has 0 saturated carbocycles. The minimum atomic E-state index is 0.252. The average molecular weight is 253 g/mol. The zero-order valence-electron chi connectivity index (χ0n) is 8.98. The van der Waals surface area contributed by atoms with Gasteiger partial charge in [-0.2, -0.15) is 0 Å². The third-order valence-corrected chi connectivity index (χ3v) is 3.57. The van der Waals surface area contributed by atoms with Crippen molar-refractivity contribution in [3.05, 3.63) is 51.4 Å². The topological polar surface area (TPSA) is 24.9 Å². The van der Waals surface area contributed by atoms with Gasteiger partial charge in [0.05, 0.1) is 10.0 Å². The lowest BCUT2D eigenvalue weighted by atomic mass is 10.2. The summed E-state index contributed by atoms with van der Waals surface area (Å²) in [4.78, 5) is 5.55. The Balaban J connectivity index is 1.91. The van der Waals surface area contributed by atoms with Crippen molar-refractivity contribution in [3.63, 3.8) is 0 Å². The van der Waals surface area contributed by atoms with Crippen LogP contribution in [0, 0.1) is 0 Å². The number of nitrogens with zero attached hydrogens (tertiary/aromatic N) is 1. The smallest absolute Gasteiger partial charge is 0.0931 e. The third-order valence-electron chi connectivity index (χ3n) is 2.34. The summed E-state index contributed by atoms with van der Waals surface area (Å²) < 4.78 is 0.835. The molecule has 0 amide bonds. The standard InChI is InChI=1S/C12H13ClN2S/c1-9(11-4-2-3-7-14-11)15-8-10-5-6-12(13)16-10/h2-7,9,15H,8H2,1H3/t9-/m1/s1. The molecule has 0 aliphatic carbocycles. The Morgan fingerprint density at radius 2 is 2.25 bits per heavy atom. The van der Waals surface area contributed by atoms with Crippen LogP contribution in [0.3, 0.4) is 0 Å². The molecule has 0 spiro atoms. The van der Waals surface area contributed by atoms with Gasteiger partial charge < -0.3 is 5.32 Å². The molecule has 1 N–H and O–H groups in total. The molecule has 0 aliphatic rings. The van der Waals surface area contributed by atoms with E-state index >= 15 is 0 Å². The summed E-state index contributed by atoms with van der Waals surface area (Å²) in [6, 6.07) is 10.2. The maximum Gasteiger partial charge on any atom is 0.0931 e. The Bertz CT molecular complexity index is 441. The van der Waals surface area contributed by atoms with Crippen molar-refractivity contribution < 1.29 is 0 Å². The van der Waals surface area contributed by atoms with Gasteiger partial charge in [0.25, 0.3) is 0 Å². The second-order valence-electron chi connectivity index (χ2n) is 3.56. The second-order valence-corrected chi connectivity index (χ2v) is 5.36. The molecule has 0 aromatic carbocycles. The Morgan fingerprint density at radius 1 is 1.38 bits per heavy atom. The fourth-order valence-corrected chi connectivity index (χ4v) is 2.48. The molecule has 0 radical (unpaired) electrons.